The summed E-state index contributed by atoms with van der Waals surface area (Å²) >= 11 is 2.20. The van der Waals surface area contributed by atoms with Crippen LogP contribution in [0.4, 0.5) is 0 Å². The fourth-order valence-corrected chi connectivity index (χ4v) is 1.77. The number of aromatic nitrogens is 2. The molecule has 0 amide bonds. The molecule has 0 fully saturated rings. The van der Waals surface area contributed by atoms with Gasteiger partial charge in [-0.25, -0.2) is 4.68 Å². The van der Waals surface area contributed by atoms with Crippen LogP contribution < -0.4 is 0 Å². The van der Waals surface area contributed by atoms with Gasteiger partial charge in [0.25, 0.3) is 0 Å². The van der Waals surface area contributed by atoms with Crippen LogP contribution in [0, 0.1) is 10.5 Å². The van der Waals surface area contributed by atoms with Gasteiger partial charge in [-0.2, -0.15) is 5.10 Å². The Labute approximate surface area is 101 Å². The maximum Gasteiger partial charge on any atom is 0.150 e. The molecule has 0 bridgehead atoms. The third-order valence-electron chi connectivity index (χ3n) is 2.17. The number of hydrogen-bond acceptors (Lipinski definition) is 2. The molecule has 0 aliphatic heterocycles. The van der Waals surface area contributed by atoms with Crippen LogP contribution in [0.25, 0.3) is 5.69 Å². The molecule has 0 aliphatic rings. The van der Waals surface area contributed by atoms with E-state index in [4.69, 9.17) is 0 Å². The molecule has 0 aliphatic carbocycles. The minimum Gasteiger partial charge on any atom is -0.298 e. The Morgan fingerprint density at radius 1 is 1.47 bits per heavy atom. The van der Waals surface area contributed by atoms with Gasteiger partial charge in [0.05, 0.1) is 15.5 Å². The van der Waals surface area contributed by atoms with Gasteiger partial charge < -0.3 is 0 Å². The smallest absolute Gasteiger partial charge is 0.150 e. The second kappa shape index (κ2) is 4.14. The Bertz CT molecular complexity index is 505. The van der Waals surface area contributed by atoms with Gasteiger partial charge in [-0.05, 0) is 41.1 Å². The Morgan fingerprint density at radius 2 is 2.27 bits per heavy atom. The van der Waals surface area contributed by atoms with E-state index in [0.29, 0.717) is 5.56 Å². The molecular weight excluding hydrogens is 303 g/mol. The van der Waals surface area contributed by atoms with Crippen molar-refractivity contribution in [2.45, 2.75) is 6.92 Å². The Balaban J connectivity index is 2.55. The first-order chi connectivity index (χ1) is 7.20. The van der Waals surface area contributed by atoms with Crippen molar-refractivity contribution in [2.24, 2.45) is 0 Å². The van der Waals surface area contributed by atoms with Gasteiger partial charge in [0, 0.05) is 11.8 Å². The van der Waals surface area contributed by atoms with Crippen LogP contribution in [0.5, 0.6) is 0 Å². The number of nitrogens with zero attached hydrogens (tertiary/aromatic N) is 2. The molecular formula is C11H9IN2O. The first-order valence-electron chi connectivity index (χ1n) is 4.47. The van der Waals surface area contributed by atoms with Crippen LogP contribution in [0.2, 0.25) is 0 Å². The highest BCUT2D eigenvalue weighted by Crippen LogP contribution is 2.15. The lowest BCUT2D eigenvalue weighted by Crippen LogP contribution is -1.98. The van der Waals surface area contributed by atoms with Crippen LogP contribution in [0.3, 0.4) is 0 Å². The number of carbonyl (C=O) groups is 1. The zero-order valence-corrected chi connectivity index (χ0v) is 10.3. The predicted molar refractivity (Wildman–Crippen MR) is 66.4 cm³/mol. The molecule has 1 aromatic carbocycles. The standard InChI is InChI=1S/C11H9IN2O/c1-8-2-3-9(7-15)4-11(8)14-6-10(12)5-13-14/h2-7H,1H3. The minimum absolute atomic E-state index is 0.668. The topological polar surface area (TPSA) is 34.9 Å². The van der Waals surface area contributed by atoms with E-state index in [1.807, 2.05) is 25.3 Å². The van der Waals surface area contributed by atoms with Gasteiger partial charge >= 0.3 is 0 Å². The van der Waals surface area contributed by atoms with Crippen molar-refractivity contribution < 1.29 is 4.79 Å². The highest BCUT2D eigenvalue weighted by Gasteiger charge is 2.03. The van der Waals surface area contributed by atoms with Gasteiger partial charge in [0.1, 0.15) is 6.29 Å². The molecule has 0 saturated carbocycles. The average Bonchev–Trinajstić information content (AvgIpc) is 2.65. The number of aldehydes is 1. The summed E-state index contributed by atoms with van der Waals surface area (Å²) in [5, 5.41) is 4.22. The van der Waals surface area contributed by atoms with E-state index in [9.17, 15) is 4.79 Å². The highest BCUT2D eigenvalue weighted by atomic mass is 127. The summed E-state index contributed by atoms with van der Waals surface area (Å²) < 4.78 is 2.85. The average molecular weight is 312 g/mol. The van der Waals surface area contributed by atoms with Crippen molar-refractivity contribution in [2.75, 3.05) is 0 Å². The van der Waals surface area contributed by atoms with Crippen LogP contribution >= 0.6 is 22.6 Å². The molecule has 2 rings (SSSR count). The van der Waals surface area contributed by atoms with Crippen LogP contribution in [-0.2, 0) is 0 Å². The maximum absolute atomic E-state index is 10.7. The number of carbonyl (C=O) groups excluding carboxylic acids is 1. The maximum atomic E-state index is 10.7. The molecule has 3 nitrogen and oxygen atoms in total. The van der Waals surface area contributed by atoms with E-state index >= 15 is 0 Å². The summed E-state index contributed by atoms with van der Waals surface area (Å²) in [5.74, 6) is 0. The highest BCUT2D eigenvalue weighted by molar-refractivity contribution is 14.1. The summed E-state index contributed by atoms with van der Waals surface area (Å²) in [6, 6.07) is 5.57. The summed E-state index contributed by atoms with van der Waals surface area (Å²) in [6.45, 7) is 2.00. The third-order valence-corrected chi connectivity index (χ3v) is 2.72. The van der Waals surface area contributed by atoms with Crippen molar-refractivity contribution in [3.05, 3.63) is 45.3 Å². The molecule has 15 heavy (non-hydrogen) atoms. The number of aryl methyl sites for hydroxylation is 1. The predicted octanol–water partition coefficient (Wildman–Crippen LogP) is 2.60. The van der Waals surface area contributed by atoms with Crippen molar-refractivity contribution in [3.8, 4) is 5.69 Å². The van der Waals surface area contributed by atoms with Crippen LogP contribution in [0.15, 0.2) is 30.6 Å². The van der Waals surface area contributed by atoms with Gasteiger partial charge in [-0.15, -0.1) is 0 Å². The molecule has 0 unspecified atom stereocenters. The summed E-state index contributed by atoms with van der Waals surface area (Å²) in [4.78, 5) is 10.7. The normalized spacial score (nSPS) is 10.3. The van der Waals surface area contributed by atoms with E-state index in [1.54, 1.807) is 16.9 Å². The number of hydrogen-bond donors (Lipinski definition) is 0. The van der Waals surface area contributed by atoms with Crippen molar-refractivity contribution in [3.63, 3.8) is 0 Å². The zero-order chi connectivity index (χ0) is 10.8. The van der Waals surface area contributed by atoms with Gasteiger partial charge in [0.2, 0.25) is 0 Å². The van der Waals surface area contributed by atoms with E-state index in [-0.39, 0.29) is 0 Å². The lowest BCUT2D eigenvalue weighted by molar-refractivity contribution is 0.112. The van der Waals surface area contributed by atoms with Gasteiger partial charge in [-0.1, -0.05) is 12.1 Å². The molecule has 0 radical (unpaired) electrons. The molecule has 1 aromatic heterocycles. The van der Waals surface area contributed by atoms with Gasteiger partial charge in [-0.3, -0.25) is 4.79 Å². The quantitative estimate of drug-likeness (QED) is 0.631. The molecule has 0 saturated heterocycles. The lowest BCUT2D eigenvalue weighted by atomic mass is 10.1. The van der Waals surface area contributed by atoms with E-state index in [0.717, 1.165) is 21.1 Å². The Kier molecular flexibility index (Phi) is 2.86. The van der Waals surface area contributed by atoms with Crippen LogP contribution in [0.1, 0.15) is 15.9 Å². The summed E-state index contributed by atoms with van der Waals surface area (Å²) in [6.07, 6.45) is 4.56. The number of benzene rings is 1. The molecule has 4 heteroatoms. The molecule has 2 aromatic rings. The minimum atomic E-state index is 0.668. The second-order valence-electron chi connectivity index (χ2n) is 3.27. The zero-order valence-electron chi connectivity index (χ0n) is 8.14. The fourth-order valence-electron chi connectivity index (χ4n) is 1.38. The summed E-state index contributed by atoms with van der Waals surface area (Å²) in [5.41, 5.74) is 2.71. The molecule has 0 atom stereocenters. The molecule has 76 valence electrons. The van der Waals surface area contributed by atoms with Crippen molar-refractivity contribution >= 4 is 28.9 Å². The Morgan fingerprint density at radius 3 is 2.87 bits per heavy atom. The molecule has 0 spiro atoms. The van der Waals surface area contributed by atoms with Gasteiger partial charge in [0.15, 0.2) is 0 Å². The second-order valence-corrected chi connectivity index (χ2v) is 4.51. The summed E-state index contributed by atoms with van der Waals surface area (Å²) in [7, 11) is 0. The van der Waals surface area contributed by atoms with Crippen LogP contribution in [-0.4, -0.2) is 16.1 Å². The lowest BCUT2D eigenvalue weighted by Gasteiger charge is -2.05. The monoisotopic (exact) mass is 312 g/mol. The Hall–Kier alpha value is -1.17. The molecule has 0 N–H and O–H groups in total. The van der Waals surface area contributed by atoms with E-state index in [2.05, 4.69) is 27.7 Å². The molecule has 1 heterocycles. The fraction of sp³-hybridized carbons (Fsp3) is 0.0909. The number of halogens is 1. The SMILES string of the molecule is Cc1ccc(C=O)cc1-n1cc(I)cn1. The number of rotatable bonds is 2. The third kappa shape index (κ3) is 2.09. The first kappa shape index (κ1) is 10.4. The van der Waals surface area contributed by atoms with E-state index in [1.165, 1.54) is 0 Å². The largest absolute Gasteiger partial charge is 0.298 e. The van der Waals surface area contributed by atoms with Crippen molar-refractivity contribution in [1.29, 1.82) is 0 Å². The first-order valence-corrected chi connectivity index (χ1v) is 5.55. The van der Waals surface area contributed by atoms with Crippen molar-refractivity contribution in [1.82, 2.24) is 9.78 Å². The van der Waals surface area contributed by atoms with E-state index < -0.39 is 0 Å².